The lowest BCUT2D eigenvalue weighted by Crippen LogP contribution is -2.57. The van der Waals surface area contributed by atoms with Crippen LogP contribution in [0.5, 0.6) is 5.88 Å². The van der Waals surface area contributed by atoms with Crippen molar-refractivity contribution in [3.63, 3.8) is 0 Å². The van der Waals surface area contributed by atoms with Gasteiger partial charge in [0.15, 0.2) is 0 Å². The summed E-state index contributed by atoms with van der Waals surface area (Å²) in [6, 6.07) is 5.58. The number of guanidine groups is 1. The van der Waals surface area contributed by atoms with E-state index in [2.05, 4.69) is 15.3 Å². The first-order chi connectivity index (χ1) is 15.6. The largest absolute Gasteiger partial charge is 0.481 e. The number of hydrogen-bond acceptors (Lipinski definition) is 8. The van der Waals surface area contributed by atoms with Gasteiger partial charge in [0.1, 0.15) is 16.6 Å². The summed E-state index contributed by atoms with van der Waals surface area (Å²) < 4.78 is 52.3. The number of benzene rings is 1. The molecule has 2 atom stereocenters. The molecule has 0 unspecified atom stereocenters. The topological polar surface area (TPSA) is 136 Å². The SMILES string of the molecule is CCc1cc(OC)ncc1C(=O)Nc1ccc(F)c([C@@]23COC[C@@H]2S(=O)(=O)N(C)C(N)=N3)c1. The smallest absolute Gasteiger partial charge is 0.257 e. The summed E-state index contributed by atoms with van der Waals surface area (Å²) in [6.45, 7) is 1.57. The second-order valence-corrected chi connectivity index (χ2v) is 9.94. The van der Waals surface area contributed by atoms with Crippen LogP contribution in [0.3, 0.4) is 0 Å². The molecule has 4 rings (SSSR count). The number of nitrogens with zero attached hydrogens (tertiary/aromatic N) is 3. The van der Waals surface area contributed by atoms with Gasteiger partial charge in [0, 0.05) is 30.6 Å². The lowest BCUT2D eigenvalue weighted by atomic mass is 9.88. The zero-order valence-electron chi connectivity index (χ0n) is 18.3. The normalized spacial score (nSPS) is 23.6. The monoisotopic (exact) mass is 477 g/mol. The van der Waals surface area contributed by atoms with Gasteiger partial charge in [-0.05, 0) is 30.2 Å². The van der Waals surface area contributed by atoms with Crippen molar-refractivity contribution in [1.82, 2.24) is 9.29 Å². The van der Waals surface area contributed by atoms with E-state index >= 15 is 4.39 Å². The number of fused-ring (bicyclic) bond motifs is 1. The summed E-state index contributed by atoms with van der Waals surface area (Å²) in [4.78, 5) is 21.4. The molecular weight excluding hydrogens is 453 g/mol. The van der Waals surface area contributed by atoms with Gasteiger partial charge >= 0.3 is 0 Å². The minimum atomic E-state index is -3.93. The van der Waals surface area contributed by atoms with Gasteiger partial charge in [0.25, 0.3) is 5.91 Å². The van der Waals surface area contributed by atoms with E-state index in [9.17, 15) is 13.2 Å². The van der Waals surface area contributed by atoms with E-state index in [4.69, 9.17) is 15.2 Å². The third kappa shape index (κ3) is 3.68. The number of ether oxygens (including phenoxy) is 2. The van der Waals surface area contributed by atoms with Crippen molar-refractivity contribution >= 4 is 27.6 Å². The van der Waals surface area contributed by atoms with Crippen LogP contribution in [0, 0.1) is 5.82 Å². The Morgan fingerprint density at radius 2 is 2.18 bits per heavy atom. The van der Waals surface area contributed by atoms with E-state index < -0.39 is 32.5 Å². The lowest BCUT2D eigenvalue weighted by molar-refractivity contribution is 0.102. The van der Waals surface area contributed by atoms with Crippen LogP contribution < -0.4 is 15.8 Å². The number of hydrogen-bond donors (Lipinski definition) is 2. The zero-order valence-corrected chi connectivity index (χ0v) is 19.1. The Morgan fingerprint density at radius 1 is 1.42 bits per heavy atom. The predicted molar refractivity (Wildman–Crippen MR) is 119 cm³/mol. The minimum Gasteiger partial charge on any atom is -0.481 e. The first-order valence-corrected chi connectivity index (χ1v) is 11.7. The Labute approximate surface area is 190 Å². The molecule has 0 radical (unpaired) electrons. The van der Waals surface area contributed by atoms with Crippen molar-refractivity contribution in [1.29, 1.82) is 0 Å². The average Bonchev–Trinajstić information content (AvgIpc) is 3.24. The molecular formula is C21H24FN5O5S. The number of aryl methyl sites for hydroxylation is 1. The summed E-state index contributed by atoms with van der Waals surface area (Å²) in [6.07, 6.45) is 1.98. The Kier molecular flexibility index (Phi) is 5.74. The Morgan fingerprint density at radius 3 is 2.88 bits per heavy atom. The average molecular weight is 478 g/mol. The highest BCUT2D eigenvalue weighted by Gasteiger charge is 2.58. The van der Waals surface area contributed by atoms with E-state index in [-0.39, 0.29) is 30.4 Å². The number of nitrogens with one attached hydrogen (secondary N) is 1. The van der Waals surface area contributed by atoms with Crippen molar-refractivity contribution in [2.75, 3.05) is 32.7 Å². The van der Waals surface area contributed by atoms with Gasteiger partial charge in [-0.25, -0.2) is 27.1 Å². The third-order valence-electron chi connectivity index (χ3n) is 5.99. The van der Waals surface area contributed by atoms with Crippen molar-refractivity contribution in [3.05, 3.63) is 53.0 Å². The molecule has 1 amide bonds. The molecule has 176 valence electrons. The molecule has 0 aliphatic carbocycles. The number of halogens is 1. The molecule has 12 heteroatoms. The molecule has 0 spiro atoms. The maximum atomic E-state index is 15.0. The standard InChI is InChI=1S/C21H24FN5O5S/c1-4-12-7-18(31-3)24-9-14(12)19(28)25-13-5-6-16(22)15(8-13)21-11-32-10-17(21)33(29,30)27(2)20(23)26-21/h5-9,17H,4,10-11H2,1-3H3,(H2,23,26)(H,25,28)/t17-,21-/m0/s1. The first-order valence-electron chi connectivity index (χ1n) is 10.2. The number of carbonyl (C=O) groups is 1. The van der Waals surface area contributed by atoms with Crippen LogP contribution in [0.1, 0.15) is 28.4 Å². The lowest BCUT2D eigenvalue weighted by Gasteiger charge is -2.38. The van der Waals surface area contributed by atoms with E-state index in [1.807, 2.05) is 6.92 Å². The van der Waals surface area contributed by atoms with Crippen LogP contribution in [0.2, 0.25) is 0 Å². The Balaban J connectivity index is 1.73. The van der Waals surface area contributed by atoms with Gasteiger partial charge in [-0.1, -0.05) is 6.92 Å². The molecule has 33 heavy (non-hydrogen) atoms. The van der Waals surface area contributed by atoms with Crippen LogP contribution in [-0.4, -0.2) is 62.2 Å². The highest BCUT2D eigenvalue weighted by molar-refractivity contribution is 7.90. The van der Waals surface area contributed by atoms with Gasteiger partial charge in [-0.2, -0.15) is 0 Å². The fourth-order valence-electron chi connectivity index (χ4n) is 4.11. The number of carbonyl (C=O) groups excluding carboxylic acids is 1. The van der Waals surface area contributed by atoms with Crippen LogP contribution in [0.15, 0.2) is 35.5 Å². The number of nitrogens with two attached hydrogens (primary N) is 1. The Hall–Kier alpha value is -3.25. The maximum Gasteiger partial charge on any atom is 0.257 e. The highest BCUT2D eigenvalue weighted by Crippen LogP contribution is 2.44. The summed E-state index contributed by atoms with van der Waals surface area (Å²) in [5, 5.41) is 1.58. The molecule has 2 aliphatic rings. The molecule has 1 aromatic carbocycles. The third-order valence-corrected chi connectivity index (χ3v) is 8.19. The molecule has 1 aromatic heterocycles. The quantitative estimate of drug-likeness (QED) is 0.661. The number of aromatic nitrogens is 1. The van der Waals surface area contributed by atoms with Crippen LogP contribution >= 0.6 is 0 Å². The van der Waals surface area contributed by atoms with Crippen LogP contribution in [-0.2, 0) is 26.7 Å². The van der Waals surface area contributed by atoms with Crippen molar-refractivity contribution in [2.45, 2.75) is 24.1 Å². The second-order valence-electron chi connectivity index (χ2n) is 7.80. The van der Waals surface area contributed by atoms with Gasteiger partial charge in [0.05, 0.1) is 25.9 Å². The van der Waals surface area contributed by atoms with Gasteiger partial charge < -0.3 is 20.5 Å². The molecule has 1 fully saturated rings. The van der Waals surface area contributed by atoms with Crippen molar-refractivity contribution < 1.29 is 27.1 Å². The summed E-state index contributed by atoms with van der Waals surface area (Å²) in [7, 11) is -1.15. The first kappa shape index (κ1) is 22.9. The summed E-state index contributed by atoms with van der Waals surface area (Å²) in [5.41, 5.74) is 5.61. The second kappa shape index (κ2) is 8.27. The van der Waals surface area contributed by atoms with Gasteiger partial charge in [0.2, 0.25) is 21.9 Å². The van der Waals surface area contributed by atoms with Crippen molar-refractivity contribution in [2.24, 2.45) is 10.7 Å². The Bertz CT molecular complexity index is 1250. The molecule has 0 bridgehead atoms. The molecule has 1 saturated heterocycles. The van der Waals surface area contributed by atoms with Crippen molar-refractivity contribution in [3.8, 4) is 5.88 Å². The number of aliphatic imine (C=N–C) groups is 1. The number of pyridine rings is 1. The van der Waals surface area contributed by atoms with Crippen LogP contribution in [0.4, 0.5) is 10.1 Å². The molecule has 2 aliphatic heterocycles. The molecule has 0 saturated carbocycles. The number of methoxy groups -OCH3 is 1. The fourth-order valence-corrected chi connectivity index (χ4v) is 5.81. The van der Waals surface area contributed by atoms with Crippen LogP contribution in [0.25, 0.3) is 0 Å². The number of sulfonamides is 1. The van der Waals surface area contributed by atoms with E-state index in [1.165, 1.54) is 32.5 Å². The van der Waals surface area contributed by atoms with Gasteiger partial charge in [-0.15, -0.1) is 0 Å². The number of amides is 1. The summed E-state index contributed by atoms with van der Waals surface area (Å²) >= 11 is 0. The van der Waals surface area contributed by atoms with Gasteiger partial charge in [-0.3, -0.25) is 4.79 Å². The van der Waals surface area contributed by atoms with E-state index in [0.717, 1.165) is 15.9 Å². The molecule has 2 aromatic rings. The maximum absolute atomic E-state index is 15.0. The molecule has 10 nitrogen and oxygen atoms in total. The number of anilines is 1. The molecule has 3 N–H and O–H groups in total. The van der Waals surface area contributed by atoms with E-state index in [1.54, 1.807) is 6.07 Å². The highest BCUT2D eigenvalue weighted by atomic mass is 32.2. The zero-order chi connectivity index (χ0) is 24.0. The fraction of sp³-hybridized carbons (Fsp3) is 0.381. The number of rotatable bonds is 5. The minimum absolute atomic E-state index is 0.0222. The molecule has 3 heterocycles. The van der Waals surface area contributed by atoms with E-state index in [0.29, 0.717) is 17.9 Å². The predicted octanol–water partition coefficient (Wildman–Crippen LogP) is 1.23. The summed E-state index contributed by atoms with van der Waals surface area (Å²) in [5.74, 6) is -1.00.